The lowest BCUT2D eigenvalue weighted by molar-refractivity contribution is -0.870. The van der Waals surface area contributed by atoms with Gasteiger partial charge >= 0.3 is 11.9 Å². The van der Waals surface area contributed by atoms with Crippen LogP contribution in [0.3, 0.4) is 0 Å². The van der Waals surface area contributed by atoms with Gasteiger partial charge in [-0.15, -0.1) is 0 Å². The largest absolute Gasteiger partial charge is 0.756 e. The molecule has 0 heterocycles. The van der Waals surface area contributed by atoms with Crippen LogP contribution in [0.4, 0.5) is 0 Å². The van der Waals surface area contributed by atoms with E-state index in [9.17, 15) is 19.0 Å². The maximum absolute atomic E-state index is 12.7. The Morgan fingerprint density at radius 1 is 0.478 bits per heavy atom. The molecule has 0 aromatic rings. The number of carbonyl (C=O) groups is 2. The number of ether oxygens (including phenoxy) is 2. The van der Waals surface area contributed by atoms with Gasteiger partial charge < -0.3 is 27.9 Å². The van der Waals surface area contributed by atoms with Gasteiger partial charge in [-0.05, 0) is 89.9 Å². The summed E-state index contributed by atoms with van der Waals surface area (Å²) in [5.41, 5.74) is 0. The Morgan fingerprint density at radius 3 is 1.27 bits per heavy atom. The van der Waals surface area contributed by atoms with E-state index in [1.165, 1.54) is 44.9 Å². The van der Waals surface area contributed by atoms with E-state index in [2.05, 4.69) is 135 Å². The number of esters is 2. The molecule has 67 heavy (non-hydrogen) atoms. The van der Waals surface area contributed by atoms with Gasteiger partial charge in [-0.25, -0.2) is 0 Å². The van der Waals surface area contributed by atoms with Gasteiger partial charge in [-0.2, -0.15) is 0 Å². The van der Waals surface area contributed by atoms with Gasteiger partial charge in [-0.3, -0.25) is 14.2 Å². The number of rotatable bonds is 45. The summed E-state index contributed by atoms with van der Waals surface area (Å²) >= 11 is 0. The molecule has 0 N–H and O–H groups in total. The summed E-state index contributed by atoms with van der Waals surface area (Å²) in [6.45, 7) is 4.02. The van der Waals surface area contributed by atoms with Crippen LogP contribution in [-0.4, -0.2) is 70.0 Å². The molecule has 0 aromatic carbocycles. The van der Waals surface area contributed by atoms with Gasteiger partial charge in [-0.1, -0.05) is 193 Å². The van der Waals surface area contributed by atoms with E-state index in [-0.39, 0.29) is 26.1 Å². The number of hydrogen-bond donors (Lipinski definition) is 0. The molecular formula is C57H94NO8P. The molecule has 380 valence electrons. The van der Waals surface area contributed by atoms with Crippen molar-refractivity contribution in [2.24, 2.45) is 0 Å². The Labute approximate surface area is 409 Å². The highest BCUT2D eigenvalue weighted by atomic mass is 31.2. The zero-order chi connectivity index (χ0) is 49.2. The van der Waals surface area contributed by atoms with Crippen LogP contribution >= 0.6 is 7.82 Å². The predicted octanol–water partition coefficient (Wildman–Crippen LogP) is 15.0. The van der Waals surface area contributed by atoms with Gasteiger partial charge in [0, 0.05) is 12.8 Å². The molecule has 2 atom stereocenters. The third kappa shape index (κ3) is 51.6. The topological polar surface area (TPSA) is 111 Å². The average Bonchev–Trinajstić information content (AvgIpc) is 3.29. The minimum Gasteiger partial charge on any atom is -0.756 e. The van der Waals surface area contributed by atoms with Crippen molar-refractivity contribution in [3.63, 3.8) is 0 Å². The molecule has 0 amide bonds. The highest BCUT2D eigenvalue weighted by Gasteiger charge is 2.21. The first-order chi connectivity index (χ1) is 32.5. The van der Waals surface area contributed by atoms with Gasteiger partial charge in [0.2, 0.25) is 0 Å². The summed E-state index contributed by atoms with van der Waals surface area (Å²) < 4.78 is 33.9. The molecule has 10 heteroatoms. The van der Waals surface area contributed by atoms with Crippen molar-refractivity contribution >= 4 is 19.8 Å². The van der Waals surface area contributed by atoms with Gasteiger partial charge in [0.15, 0.2) is 6.10 Å². The van der Waals surface area contributed by atoms with E-state index in [0.717, 1.165) is 96.3 Å². The molecule has 0 saturated carbocycles. The first kappa shape index (κ1) is 63.4. The summed E-state index contributed by atoms with van der Waals surface area (Å²) in [6.07, 6.45) is 66.8. The molecule has 0 radical (unpaired) electrons. The van der Waals surface area contributed by atoms with Crippen molar-refractivity contribution in [1.29, 1.82) is 0 Å². The van der Waals surface area contributed by atoms with Crippen LogP contribution < -0.4 is 4.89 Å². The molecule has 0 rings (SSSR count). The third-order valence-corrected chi connectivity index (χ3v) is 11.2. The SMILES string of the molecule is CC/C=C\C/C=C\C/C=C\C/C=C\C/C=C\C/C=C\C/C=C\C/C=C\C/C=C\C/C=C\CCCCC(=O)OC(COC(=O)CCCCCCCCCCCC)COP(=O)([O-])OCC[N+](C)(C)C. The normalized spacial score (nSPS) is 14.4. The highest BCUT2D eigenvalue weighted by molar-refractivity contribution is 7.45. The Hall–Kier alpha value is -3.59. The number of nitrogens with zero attached hydrogens (tertiary/aromatic N) is 1. The molecule has 0 saturated heterocycles. The smallest absolute Gasteiger partial charge is 0.306 e. The monoisotopic (exact) mass is 952 g/mol. The lowest BCUT2D eigenvalue weighted by Crippen LogP contribution is -2.37. The molecule has 2 unspecified atom stereocenters. The molecule has 0 aliphatic carbocycles. The van der Waals surface area contributed by atoms with Gasteiger partial charge in [0.25, 0.3) is 7.82 Å². The molecule has 9 nitrogen and oxygen atoms in total. The zero-order valence-corrected chi connectivity index (χ0v) is 43.7. The summed E-state index contributed by atoms with van der Waals surface area (Å²) in [5, 5.41) is 0. The van der Waals surface area contributed by atoms with Gasteiger partial charge in [0.05, 0.1) is 27.7 Å². The van der Waals surface area contributed by atoms with E-state index < -0.39 is 32.5 Å². The van der Waals surface area contributed by atoms with E-state index in [0.29, 0.717) is 17.4 Å². The number of phosphoric ester groups is 1. The predicted molar refractivity (Wildman–Crippen MR) is 281 cm³/mol. The maximum Gasteiger partial charge on any atom is 0.306 e. The summed E-state index contributed by atoms with van der Waals surface area (Å²) in [6, 6.07) is 0. The fourth-order valence-corrected chi connectivity index (χ4v) is 7.00. The Balaban J connectivity index is 4.28. The van der Waals surface area contributed by atoms with Crippen LogP contribution in [0.1, 0.15) is 174 Å². The van der Waals surface area contributed by atoms with Crippen molar-refractivity contribution in [1.82, 2.24) is 0 Å². The summed E-state index contributed by atoms with van der Waals surface area (Å²) in [4.78, 5) is 37.6. The fourth-order valence-electron chi connectivity index (χ4n) is 6.27. The van der Waals surface area contributed by atoms with Crippen LogP contribution in [0.2, 0.25) is 0 Å². The zero-order valence-electron chi connectivity index (χ0n) is 42.8. The van der Waals surface area contributed by atoms with Crippen LogP contribution in [0, 0.1) is 0 Å². The standard InChI is InChI=1S/C57H94NO8P/c1-6-8-10-12-14-16-18-19-20-21-22-23-24-25-26-27-28-29-30-31-32-33-34-35-36-37-38-39-40-42-44-46-48-50-57(60)66-55(54-65-67(61,62)64-52-51-58(3,4)5)53-63-56(59)49-47-45-43-41-17-15-13-11-9-7-2/h8,10,14,16,19-20,22-23,25-26,28-29,31-32,34-35,37-38,40,42,55H,6-7,9,11-13,15,17-18,21,24,27,30,33,36,39,41,43-54H2,1-5H3/b10-8-,16-14-,20-19-,23-22-,26-25-,29-28-,32-31-,35-34-,38-37-,42-40-. The number of hydrogen-bond acceptors (Lipinski definition) is 8. The minimum atomic E-state index is -4.65. The minimum absolute atomic E-state index is 0.0452. The Morgan fingerprint density at radius 2 is 0.851 bits per heavy atom. The number of likely N-dealkylation sites (N-methyl/N-ethyl adjacent to an activating group) is 1. The fraction of sp³-hybridized carbons (Fsp3) is 0.614. The highest BCUT2D eigenvalue weighted by Crippen LogP contribution is 2.38. The summed E-state index contributed by atoms with van der Waals surface area (Å²) in [7, 11) is 1.12. The second-order valence-electron chi connectivity index (χ2n) is 17.8. The summed E-state index contributed by atoms with van der Waals surface area (Å²) in [5.74, 6) is -0.897. The van der Waals surface area contributed by atoms with E-state index in [1.807, 2.05) is 21.1 Å². The van der Waals surface area contributed by atoms with Crippen LogP contribution in [-0.2, 0) is 32.7 Å². The van der Waals surface area contributed by atoms with Crippen molar-refractivity contribution in [2.75, 3.05) is 47.5 Å². The van der Waals surface area contributed by atoms with E-state index in [1.54, 1.807) is 0 Å². The lowest BCUT2D eigenvalue weighted by Gasteiger charge is -2.28. The molecule has 0 aromatic heterocycles. The van der Waals surface area contributed by atoms with Crippen molar-refractivity contribution < 1.29 is 42.1 Å². The average molecular weight is 952 g/mol. The van der Waals surface area contributed by atoms with E-state index in [4.69, 9.17) is 18.5 Å². The molecule has 0 spiro atoms. The number of allylic oxidation sites excluding steroid dienone is 20. The van der Waals surface area contributed by atoms with Crippen LogP contribution in [0.25, 0.3) is 0 Å². The van der Waals surface area contributed by atoms with E-state index >= 15 is 0 Å². The van der Waals surface area contributed by atoms with Crippen LogP contribution in [0.5, 0.6) is 0 Å². The number of carbonyl (C=O) groups excluding carboxylic acids is 2. The Kier molecular flexibility index (Phi) is 44.9. The molecule has 0 bridgehead atoms. The van der Waals surface area contributed by atoms with Gasteiger partial charge in [0.1, 0.15) is 19.8 Å². The van der Waals surface area contributed by atoms with Crippen molar-refractivity contribution in [3.8, 4) is 0 Å². The first-order valence-electron chi connectivity index (χ1n) is 25.7. The number of phosphoric acid groups is 1. The first-order valence-corrected chi connectivity index (χ1v) is 27.2. The molecule has 0 aliphatic rings. The lowest BCUT2D eigenvalue weighted by atomic mass is 10.1. The third-order valence-electron chi connectivity index (χ3n) is 10.2. The Bertz CT molecular complexity index is 1540. The molecule has 0 fully saturated rings. The maximum atomic E-state index is 12.7. The molecule has 0 aliphatic heterocycles. The van der Waals surface area contributed by atoms with Crippen molar-refractivity contribution in [2.45, 2.75) is 180 Å². The van der Waals surface area contributed by atoms with Crippen molar-refractivity contribution in [3.05, 3.63) is 122 Å². The quantitative estimate of drug-likeness (QED) is 0.0195. The van der Waals surface area contributed by atoms with Crippen LogP contribution in [0.15, 0.2) is 122 Å². The second-order valence-corrected chi connectivity index (χ2v) is 19.2. The molecular weight excluding hydrogens is 858 g/mol. The second kappa shape index (κ2) is 47.5. The number of unbranched alkanes of at least 4 members (excludes halogenated alkanes) is 11. The number of quaternary nitrogens is 1.